The van der Waals surface area contributed by atoms with Gasteiger partial charge in [0.05, 0.1) is 0 Å². The first-order valence-corrected chi connectivity index (χ1v) is 7.25. The minimum absolute atomic E-state index is 0.0990. The predicted octanol–water partition coefficient (Wildman–Crippen LogP) is 0.834. The van der Waals surface area contributed by atoms with Crippen LogP contribution in [0.25, 0.3) is 0 Å². The lowest BCUT2D eigenvalue weighted by atomic mass is 9.87. The molecule has 0 spiro atoms. The number of carbonyl (C=O) groups excluding carboxylic acids is 1. The van der Waals surface area contributed by atoms with Crippen molar-refractivity contribution in [3.63, 3.8) is 0 Å². The Hall–Kier alpha value is -0.610. The second-order valence-corrected chi connectivity index (χ2v) is 6.39. The highest BCUT2D eigenvalue weighted by atomic mass is 16.1. The highest BCUT2D eigenvalue weighted by Crippen LogP contribution is 2.27. The molecule has 104 valence electrons. The molecule has 0 saturated carbocycles. The van der Waals surface area contributed by atoms with Crippen LogP contribution in [0.5, 0.6) is 0 Å². The van der Waals surface area contributed by atoms with Crippen LogP contribution in [0.4, 0.5) is 0 Å². The summed E-state index contributed by atoms with van der Waals surface area (Å²) < 4.78 is 0. The van der Waals surface area contributed by atoms with E-state index in [9.17, 15) is 4.79 Å². The zero-order valence-corrected chi connectivity index (χ0v) is 11.8. The average Bonchev–Trinajstić information content (AvgIpc) is 2.75. The van der Waals surface area contributed by atoms with Crippen molar-refractivity contribution < 1.29 is 4.79 Å². The fraction of sp³-hybridized carbons (Fsp3) is 0.929. The van der Waals surface area contributed by atoms with E-state index >= 15 is 0 Å². The van der Waals surface area contributed by atoms with Gasteiger partial charge < -0.3 is 15.5 Å². The Balaban J connectivity index is 1.68. The second-order valence-electron chi connectivity index (χ2n) is 6.39. The van der Waals surface area contributed by atoms with E-state index in [1.54, 1.807) is 6.92 Å². The molecule has 4 heteroatoms. The number of rotatable bonds is 4. The number of likely N-dealkylation sites (tertiary alicyclic amines) is 1. The van der Waals surface area contributed by atoms with Gasteiger partial charge in [-0.2, -0.15) is 0 Å². The van der Waals surface area contributed by atoms with Crippen LogP contribution < -0.4 is 10.6 Å². The molecule has 1 atom stereocenters. The van der Waals surface area contributed by atoms with Gasteiger partial charge in [0.2, 0.25) is 5.91 Å². The molecule has 2 saturated heterocycles. The number of nitrogens with one attached hydrogen (secondary N) is 2. The van der Waals surface area contributed by atoms with Crippen LogP contribution in [0, 0.1) is 11.3 Å². The van der Waals surface area contributed by atoms with Crippen molar-refractivity contribution >= 4 is 5.91 Å². The zero-order chi connectivity index (χ0) is 13.0. The Bertz CT molecular complexity index is 279. The number of hydrogen-bond donors (Lipinski definition) is 2. The van der Waals surface area contributed by atoms with Crippen molar-refractivity contribution in [3.05, 3.63) is 0 Å². The molecule has 18 heavy (non-hydrogen) atoms. The van der Waals surface area contributed by atoms with Crippen LogP contribution in [0.1, 0.15) is 33.1 Å². The highest BCUT2D eigenvalue weighted by molar-refractivity contribution is 5.72. The van der Waals surface area contributed by atoms with Gasteiger partial charge in [0.15, 0.2) is 0 Å². The van der Waals surface area contributed by atoms with Crippen LogP contribution in [0.3, 0.4) is 0 Å². The monoisotopic (exact) mass is 253 g/mol. The molecular weight excluding hydrogens is 226 g/mol. The zero-order valence-electron chi connectivity index (χ0n) is 11.8. The third kappa shape index (κ3) is 3.95. The SMILES string of the molecule is CC(=O)NCC1CCN(CC2(C)CCNC2)CC1. The third-order valence-electron chi connectivity index (χ3n) is 4.41. The van der Waals surface area contributed by atoms with Gasteiger partial charge in [-0.3, -0.25) is 4.79 Å². The predicted molar refractivity (Wildman–Crippen MR) is 73.4 cm³/mol. The van der Waals surface area contributed by atoms with E-state index in [1.165, 1.54) is 52.0 Å². The molecule has 0 aromatic heterocycles. The van der Waals surface area contributed by atoms with E-state index in [-0.39, 0.29) is 5.91 Å². The first kappa shape index (κ1) is 13.8. The fourth-order valence-corrected chi connectivity index (χ4v) is 3.18. The van der Waals surface area contributed by atoms with Gasteiger partial charge in [0.25, 0.3) is 0 Å². The minimum atomic E-state index is 0.0990. The van der Waals surface area contributed by atoms with E-state index in [0.29, 0.717) is 11.3 Å². The first-order chi connectivity index (χ1) is 8.57. The van der Waals surface area contributed by atoms with E-state index in [0.717, 1.165) is 6.54 Å². The third-order valence-corrected chi connectivity index (χ3v) is 4.41. The Labute approximate surface area is 110 Å². The molecule has 4 nitrogen and oxygen atoms in total. The van der Waals surface area contributed by atoms with Crippen molar-refractivity contribution in [2.75, 3.05) is 39.3 Å². The molecule has 1 amide bonds. The lowest BCUT2D eigenvalue weighted by molar-refractivity contribution is -0.119. The van der Waals surface area contributed by atoms with Crippen molar-refractivity contribution in [1.29, 1.82) is 0 Å². The Morgan fingerprint density at radius 2 is 2.17 bits per heavy atom. The summed E-state index contributed by atoms with van der Waals surface area (Å²) in [4.78, 5) is 13.5. The van der Waals surface area contributed by atoms with Crippen LogP contribution in [0.2, 0.25) is 0 Å². The summed E-state index contributed by atoms with van der Waals surface area (Å²) in [5.41, 5.74) is 0.477. The van der Waals surface area contributed by atoms with Crippen molar-refractivity contribution in [1.82, 2.24) is 15.5 Å². The number of carbonyl (C=O) groups is 1. The summed E-state index contributed by atoms with van der Waals surface area (Å²) in [5.74, 6) is 0.779. The maximum absolute atomic E-state index is 10.9. The Morgan fingerprint density at radius 3 is 2.72 bits per heavy atom. The fourth-order valence-electron chi connectivity index (χ4n) is 3.18. The summed E-state index contributed by atoms with van der Waals surface area (Å²) in [7, 11) is 0. The maximum atomic E-state index is 10.9. The van der Waals surface area contributed by atoms with Gasteiger partial charge in [-0.15, -0.1) is 0 Å². The molecule has 2 aliphatic rings. The largest absolute Gasteiger partial charge is 0.356 e. The van der Waals surface area contributed by atoms with E-state index in [2.05, 4.69) is 22.5 Å². The maximum Gasteiger partial charge on any atom is 0.216 e. The van der Waals surface area contributed by atoms with E-state index < -0.39 is 0 Å². The van der Waals surface area contributed by atoms with Crippen molar-refractivity contribution in [2.24, 2.45) is 11.3 Å². The summed E-state index contributed by atoms with van der Waals surface area (Å²) >= 11 is 0. The van der Waals surface area contributed by atoms with Crippen molar-refractivity contribution in [2.45, 2.75) is 33.1 Å². The van der Waals surface area contributed by atoms with Crippen LogP contribution in [-0.4, -0.2) is 50.1 Å². The van der Waals surface area contributed by atoms with Gasteiger partial charge >= 0.3 is 0 Å². The normalized spacial score (nSPS) is 30.6. The number of hydrogen-bond acceptors (Lipinski definition) is 3. The molecule has 0 aromatic carbocycles. The summed E-state index contributed by atoms with van der Waals surface area (Å²) in [5, 5.41) is 6.41. The molecule has 2 aliphatic heterocycles. The lowest BCUT2D eigenvalue weighted by Gasteiger charge is -2.37. The molecule has 2 N–H and O–H groups in total. The molecule has 2 fully saturated rings. The standard InChI is InChI=1S/C14H27N3O/c1-12(18)16-9-13-3-7-17(8-4-13)11-14(2)5-6-15-10-14/h13,15H,3-11H2,1-2H3,(H,16,18). The van der Waals surface area contributed by atoms with Crippen LogP contribution >= 0.6 is 0 Å². The summed E-state index contributed by atoms with van der Waals surface area (Å²) in [6, 6.07) is 0. The number of piperidine rings is 1. The van der Waals surface area contributed by atoms with Gasteiger partial charge in [0.1, 0.15) is 0 Å². The lowest BCUT2D eigenvalue weighted by Crippen LogP contribution is -2.43. The molecule has 0 aliphatic carbocycles. The van der Waals surface area contributed by atoms with Gasteiger partial charge in [-0.05, 0) is 50.2 Å². The average molecular weight is 253 g/mol. The molecule has 2 rings (SSSR count). The molecule has 0 aromatic rings. The van der Waals surface area contributed by atoms with Gasteiger partial charge in [-0.1, -0.05) is 6.92 Å². The topological polar surface area (TPSA) is 44.4 Å². The summed E-state index contributed by atoms with van der Waals surface area (Å²) in [6.07, 6.45) is 3.76. The number of amides is 1. The molecule has 2 heterocycles. The van der Waals surface area contributed by atoms with Gasteiger partial charge in [0, 0.05) is 26.6 Å². The quantitative estimate of drug-likeness (QED) is 0.780. The molecule has 0 radical (unpaired) electrons. The Morgan fingerprint density at radius 1 is 1.44 bits per heavy atom. The van der Waals surface area contributed by atoms with Crippen LogP contribution in [-0.2, 0) is 4.79 Å². The highest BCUT2D eigenvalue weighted by Gasteiger charge is 2.31. The van der Waals surface area contributed by atoms with E-state index in [1.807, 2.05) is 0 Å². The molecule has 0 bridgehead atoms. The molecule has 1 unspecified atom stereocenters. The Kier molecular flexibility index (Phi) is 4.62. The first-order valence-electron chi connectivity index (χ1n) is 7.25. The van der Waals surface area contributed by atoms with Crippen molar-refractivity contribution in [3.8, 4) is 0 Å². The van der Waals surface area contributed by atoms with Gasteiger partial charge in [-0.25, -0.2) is 0 Å². The van der Waals surface area contributed by atoms with Crippen LogP contribution in [0.15, 0.2) is 0 Å². The summed E-state index contributed by atoms with van der Waals surface area (Å²) in [6.45, 7) is 10.8. The van der Waals surface area contributed by atoms with E-state index in [4.69, 9.17) is 0 Å². The minimum Gasteiger partial charge on any atom is -0.356 e. The number of nitrogens with zero attached hydrogens (tertiary/aromatic N) is 1. The second kappa shape index (κ2) is 6.02. The smallest absolute Gasteiger partial charge is 0.216 e. The molecular formula is C14H27N3O.